The number of aromatic amines is 3. The third-order valence-corrected chi connectivity index (χ3v) is 1.41. The van der Waals surface area contributed by atoms with Gasteiger partial charge in [0.15, 0.2) is 17.1 Å². The van der Waals surface area contributed by atoms with Crippen molar-refractivity contribution in [1.29, 1.82) is 0 Å². The first-order valence-corrected chi connectivity index (χ1v) is 3.14. The van der Waals surface area contributed by atoms with Gasteiger partial charge in [0.25, 0.3) is 5.56 Å². The lowest BCUT2D eigenvalue weighted by atomic mass is 10.5. The molecule has 0 bridgehead atoms. The highest BCUT2D eigenvalue weighted by Crippen LogP contribution is 2.00. The molecular weight excluding hydrogens is 162 g/mol. The van der Waals surface area contributed by atoms with Crippen LogP contribution in [0.15, 0.2) is 9.59 Å². The number of nitrogens with two attached hydrogens (primary N) is 1. The van der Waals surface area contributed by atoms with Crippen LogP contribution in [0.5, 0.6) is 0 Å². The van der Waals surface area contributed by atoms with Gasteiger partial charge in [-0.05, 0) is 0 Å². The molecule has 12 heavy (non-hydrogen) atoms. The molecule has 0 atom stereocenters. The van der Waals surface area contributed by atoms with Crippen LogP contribution >= 0.6 is 0 Å². The molecule has 0 fully saturated rings. The normalized spacial score (nSPS) is 10.7. The van der Waals surface area contributed by atoms with E-state index in [1.54, 1.807) is 0 Å². The van der Waals surface area contributed by atoms with E-state index in [4.69, 9.17) is 5.73 Å². The summed E-state index contributed by atoms with van der Waals surface area (Å²) in [6.45, 7) is 0. The number of rotatable bonds is 0. The molecular formula is C5H5N5O2. The van der Waals surface area contributed by atoms with Crippen molar-refractivity contribution in [3.63, 3.8) is 0 Å². The molecule has 0 aliphatic rings. The Bertz CT molecular complexity index is 532. The van der Waals surface area contributed by atoms with Crippen LogP contribution in [0.3, 0.4) is 0 Å². The Morgan fingerprint density at radius 2 is 1.92 bits per heavy atom. The number of hydrogen-bond acceptors (Lipinski definition) is 4. The summed E-state index contributed by atoms with van der Waals surface area (Å²) >= 11 is 0. The maximum atomic E-state index is 11.0. The minimum absolute atomic E-state index is 0.0948. The van der Waals surface area contributed by atoms with Crippen LogP contribution in [0.4, 0.5) is 5.95 Å². The molecule has 0 spiro atoms. The van der Waals surface area contributed by atoms with Crippen molar-refractivity contribution in [2.45, 2.75) is 0 Å². The first-order valence-electron chi connectivity index (χ1n) is 3.14. The molecule has 62 valence electrons. The second-order valence-electron chi connectivity index (χ2n) is 2.25. The summed E-state index contributed by atoms with van der Waals surface area (Å²) in [6.07, 6.45) is 0. The molecule has 0 saturated heterocycles. The van der Waals surface area contributed by atoms with E-state index in [0.29, 0.717) is 0 Å². The monoisotopic (exact) mass is 167 g/mol. The van der Waals surface area contributed by atoms with E-state index in [0.717, 1.165) is 0 Å². The number of fused-ring (bicyclic) bond motifs is 1. The average Bonchev–Trinajstić information content (AvgIpc) is 2.29. The van der Waals surface area contributed by atoms with Crippen LogP contribution < -0.4 is 17.0 Å². The molecule has 2 heterocycles. The predicted octanol–water partition coefficient (Wildman–Crippen LogP) is -1.48. The fourth-order valence-corrected chi connectivity index (χ4v) is 0.951. The summed E-state index contributed by atoms with van der Waals surface area (Å²) < 4.78 is 0. The zero-order valence-electron chi connectivity index (χ0n) is 5.84. The van der Waals surface area contributed by atoms with Gasteiger partial charge in [0.2, 0.25) is 0 Å². The first-order chi connectivity index (χ1) is 5.66. The van der Waals surface area contributed by atoms with Crippen LogP contribution in [0, 0.1) is 0 Å². The van der Waals surface area contributed by atoms with Crippen molar-refractivity contribution < 1.29 is 0 Å². The number of hydrogen-bond donors (Lipinski definition) is 4. The summed E-state index contributed by atoms with van der Waals surface area (Å²) in [7, 11) is 0. The number of nitrogens with one attached hydrogen (secondary N) is 3. The van der Waals surface area contributed by atoms with Crippen molar-refractivity contribution in [2.24, 2.45) is 0 Å². The van der Waals surface area contributed by atoms with Crippen molar-refractivity contribution in [3.05, 3.63) is 20.8 Å². The van der Waals surface area contributed by atoms with Crippen LogP contribution in [0.25, 0.3) is 11.2 Å². The second-order valence-corrected chi connectivity index (χ2v) is 2.25. The fourth-order valence-electron chi connectivity index (χ4n) is 0.951. The van der Waals surface area contributed by atoms with Crippen LogP contribution in [-0.4, -0.2) is 19.9 Å². The van der Waals surface area contributed by atoms with Gasteiger partial charge in [-0.15, -0.1) is 0 Å². The number of aromatic nitrogens is 4. The highest BCUT2D eigenvalue weighted by molar-refractivity contribution is 5.70. The number of nitrogens with zero attached hydrogens (tertiary/aromatic N) is 1. The summed E-state index contributed by atoms with van der Waals surface area (Å²) in [4.78, 5) is 32.3. The lowest BCUT2D eigenvalue weighted by molar-refractivity contribution is 1.07. The molecule has 2 aromatic heterocycles. The van der Waals surface area contributed by atoms with Gasteiger partial charge in [0.05, 0.1) is 0 Å². The number of anilines is 1. The highest BCUT2D eigenvalue weighted by atomic mass is 16.2. The lowest BCUT2D eigenvalue weighted by Crippen LogP contribution is -2.21. The second kappa shape index (κ2) is 1.97. The number of H-pyrrole nitrogens is 3. The average molecular weight is 167 g/mol. The van der Waals surface area contributed by atoms with Gasteiger partial charge in [0.1, 0.15) is 0 Å². The zero-order chi connectivity index (χ0) is 8.72. The van der Waals surface area contributed by atoms with Crippen LogP contribution in [0.1, 0.15) is 0 Å². The maximum absolute atomic E-state index is 11.0. The summed E-state index contributed by atoms with van der Waals surface area (Å²) in [6, 6.07) is 0. The van der Waals surface area contributed by atoms with E-state index in [1.807, 2.05) is 4.98 Å². The number of nitrogen functional groups attached to an aromatic ring is 1. The largest absolute Gasteiger partial charge is 0.369 e. The van der Waals surface area contributed by atoms with E-state index in [-0.39, 0.29) is 17.1 Å². The molecule has 0 aromatic carbocycles. The molecule has 2 aromatic rings. The molecule has 0 saturated carbocycles. The Balaban J connectivity index is 3.08. The van der Waals surface area contributed by atoms with E-state index < -0.39 is 11.2 Å². The zero-order valence-corrected chi connectivity index (χ0v) is 5.84. The van der Waals surface area contributed by atoms with Gasteiger partial charge in [0, 0.05) is 0 Å². The molecule has 0 unspecified atom stereocenters. The third-order valence-electron chi connectivity index (χ3n) is 1.41. The molecule has 0 aliphatic heterocycles. The van der Waals surface area contributed by atoms with Crippen molar-refractivity contribution in [1.82, 2.24) is 19.9 Å². The Morgan fingerprint density at radius 1 is 1.17 bits per heavy atom. The molecule has 7 nitrogen and oxygen atoms in total. The van der Waals surface area contributed by atoms with E-state index in [1.165, 1.54) is 0 Å². The van der Waals surface area contributed by atoms with Gasteiger partial charge in [-0.2, -0.15) is 4.98 Å². The summed E-state index contributed by atoms with van der Waals surface area (Å²) in [5.41, 5.74) is 4.48. The van der Waals surface area contributed by atoms with E-state index in [9.17, 15) is 9.59 Å². The van der Waals surface area contributed by atoms with Crippen LogP contribution in [0.2, 0.25) is 0 Å². The molecule has 0 aliphatic carbocycles. The highest BCUT2D eigenvalue weighted by Gasteiger charge is 2.03. The van der Waals surface area contributed by atoms with Crippen molar-refractivity contribution >= 4 is 17.1 Å². The number of imidazole rings is 1. The molecule has 2 rings (SSSR count). The van der Waals surface area contributed by atoms with E-state index >= 15 is 0 Å². The smallest absolute Gasteiger partial charge is 0.327 e. The topological polar surface area (TPSA) is 120 Å². The quantitative estimate of drug-likeness (QED) is 0.382. The Kier molecular flexibility index (Phi) is 1.09. The maximum Gasteiger partial charge on any atom is 0.327 e. The van der Waals surface area contributed by atoms with Gasteiger partial charge in [-0.1, -0.05) is 0 Å². The summed E-state index contributed by atoms with van der Waals surface area (Å²) in [5.74, 6) is 0.0948. The third kappa shape index (κ3) is 0.797. The van der Waals surface area contributed by atoms with Crippen molar-refractivity contribution in [2.75, 3.05) is 5.73 Å². The molecule has 5 N–H and O–H groups in total. The SMILES string of the molecule is Nc1nc2[nH]c(=O)[nH]c(=O)c2[nH]1. The van der Waals surface area contributed by atoms with Crippen LogP contribution in [-0.2, 0) is 0 Å². The Hall–Kier alpha value is -2.05. The first kappa shape index (κ1) is 6.65. The van der Waals surface area contributed by atoms with E-state index in [2.05, 4.69) is 15.0 Å². The van der Waals surface area contributed by atoms with Gasteiger partial charge in [-0.3, -0.25) is 14.8 Å². The standard InChI is InChI=1S/C5H5N5O2/c6-4-7-1-2(8-4)9-5(12)10-3(1)11/h(H5,6,7,8,9,10,11,12). The minimum Gasteiger partial charge on any atom is -0.369 e. The molecule has 0 amide bonds. The predicted molar refractivity (Wildman–Crippen MR) is 41.7 cm³/mol. The van der Waals surface area contributed by atoms with Gasteiger partial charge >= 0.3 is 5.69 Å². The van der Waals surface area contributed by atoms with Gasteiger partial charge < -0.3 is 10.7 Å². The lowest BCUT2D eigenvalue weighted by Gasteiger charge is -1.83. The Morgan fingerprint density at radius 3 is 2.67 bits per heavy atom. The molecule has 0 radical (unpaired) electrons. The molecule has 7 heteroatoms. The fraction of sp³-hybridized carbons (Fsp3) is 0. The van der Waals surface area contributed by atoms with Crippen molar-refractivity contribution in [3.8, 4) is 0 Å². The Labute approximate surface area is 64.6 Å². The minimum atomic E-state index is -0.598. The summed E-state index contributed by atoms with van der Waals surface area (Å²) in [5, 5.41) is 0. The van der Waals surface area contributed by atoms with Gasteiger partial charge in [-0.25, -0.2) is 4.79 Å².